The molecule has 1 aliphatic heterocycles. The molecule has 0 spiro atoms. The van der Waals surface area contributed by atoms with Crippen molar-refractivity contribution in [3.8, 4) is 11.4 Å². The molecule has 0 saturated heterocycles. The minimum atomic E-state index is 0.413. The second-order valence-corrected chi connectivity index (χ2v) is 5.25. The zero-order valence-corrected chi connectivity index (χ0v) is 12.2. The van der Waals surface area contributed by atoms with Gasteiger partial charge >= 0.3 is 0 Å². The van der Waals surface area contributed by atoms with E-state index in [1.54, 1.807) is 11.0 Å². The molecule has 3 aromatic heterocycles. The molecule has 8 heteroatoms. The van der Waals surface area contributed by atoms with Crippen molar-refractivity contribution in [3.05, 3.63) is 41.6 Å². The molecule has 112 valence electrons. The van der Waals surface area contributed by atoms with Crippen molar-refractivity contribution in [3.63, 3.8) is 0 Å². The van der Waals surface area contributed by atoms with Crippen LogP contribution in [0.25, 0.3) is 11.4 Å². The van der Waals surface area contributed by atoms with Crippen LogP contribution in [0.1, 0.15) is 22.7 Å². The summed E-state index contributed by atoms with van der Waals surface area (Å²) in [7, 11) is 0. The highest BCUT2D eigenvalue weighted by Crippen LogP contribution is 2.28. The second-order valence-electron chi connectivity index (χ2n) is 5.25. The molecule has 0 fully saturated rings. The van der Waals surface area contributed by atoms with Gasteiger partial charge in [-0.05, 0) is 31.0 Å². The average Bonchev–Trinajstić information content (AvgIpc) is 3.20. The number of fused-ring (bicyclic) bond motifs is 1. The zero-order chi connectivity index (χ0) is 14.9. The van der Waals surface area contributed by atoms with Crippen molar-refractivity contribution < 1.29 is 4.52 Å². The topological polar surface area (TPSA) is 94.5 Å². The molecule has 22 heavy (non-hydrogen) atoms. The van der Waals surface area contributed by atoms with Crippen molar-refractivity contribution in [1.82, 2.24) is 35.2 Å². The minimum Gasteiger partial charge on any atom is -0.337 e. The molecule has 0 amide bonds. The predicted molar refractivity (Wildman–Crippen MR) is 76.8 cm³/mol. The third-order valence-electron chi connectivity index (χ3n) is 3.79. The molecule has 1 N–H and O–H groups in total. The lowest BCUT2D eigenvalue weighted by Crippen LogP contribution is -2.24. The molecule has 4 rings (SSSR count). The summed E-state index contributed by atoms with van der Waals surface area (Å²) >= 11 is 0. The highest BCUT2D eigenvalue weighted by Gasteiger charge is 2.21. The highest BCUT2D eigenvalue weighted by molar-refractivity contribution is 5.64. The van der Waals surface area contributed by atoms with E-state index in [1.165, 1.54) is 17.5 Å². The van der Waals surface area contributed by atoms with Crippen LogP contribution >= 0.6 is 0 Å². The Morgan fingerprint density at radius 1 is 1.41 bits per heavy atom. The molecule has 0 atom stereocenters. The van der Waals surface area contributed by atoms with Gasteiger partial charge in [-0.3, -0.25) is 4.98 Å². The summed E-state index contributed by atoms with van der Waals surface area (Å²) in [6.45, 7) is 4.17. The number of nitrogens with one attached hydrogen (secondary N) is 1. The van der Waals surface area contributed by atoms with Crippen molar-refractivity contribution >= 4 is 0 Å². The fraction of sp³-hybridized carbons (Fsp3) is 0.357. The van der Waals surface area contributed by atoms with Gasteiger partial charge in [0.2, 0.25) is 11.7 Å². The van der Waals surface area contributed by atoms with E-state index in [2.05, 4.69) is 30.5 Å². The molecular formula is C14H15N7O. The van der Waals surface area contributed by atoms with Gasteiger partial charge in [-0.2, -0.15) is 10.1 Å². The molecule has 1 aliphatic rings. The first kappa shape index (κ1) is 13.1. The summed E-state index contributed by atoms with van der Waals surface area (Å²) in [5.74, 6) is 1.10. The van der Waals surface area contributed by atoms with Gasteiger partial charge in [-0.25, -0.2) is 9.67 Å². The molecule has 0 aliphatic carbocycles. The van der Waals surface area contributed by atoms with Crippen LogP contribution < -0.4 is 5.32 Å². The first-order valence-electron chi connectivity index (χ1n) is 7.14. The fourth-order valence-electron chi connectivity index (χ4n) is 2.74. The van der Waals surface area contributed by atoms with Crippen LogP contribution in [-0.2, 0) is 19.5 Å². The fourth-order valence-corrected chi connectivity index (χ4v) is 2.74. The van der Waals surface area contributed by atoms with E-state index < -0.39 is 0 Å². The first-order chi connectivity index (χ1) is 10.8. The molecule has 3 aromatic rings. The van der Waals surface area contributed by atoms with E-state index in [0.29, 0.717) is 18.3 Å². The van der Waals surface area contributed by atoms with Crippen molar-refractivity contribution in [2.24, 2.45) is 0 Å². The van der Waals surface area contributed by atoms with E-state index in [4.69, 9.17) is 4.52 Å². The predicted octanol–water partition coefficient (Wildman–Crippen LogP) is 0.726. The van der Waals surface area contributed by atoms with Crippen LogP contribution in [0, 0.1) is 6.92 Å². The number of pyridine rings is 1. The number of nitrogens with zero attached hydrogens (tertiary/aromatic N) is 6. The maximum absolute atomic E-state index is 5.35. The van der Waals surface area contributed by atoms with E-state index in [9.17, 15) is 0 Å². The third kappa shape index (κ3) is 2.27. The quantitative estimate of drug-likeness (QED) is 0.761. The number of aromatic nitrogens is 6. The Hall–Kier alpha value is -2.61. The van der Waals surface area contributed by atoms with Gasteiger partial charge in [0.25, 0.3) is 0 Å². The van der Waals surface area contributed by atoms with Crippen LogP contribution in [-0.4, -0.2) is 36.4 Å². The van der Waals surface area contributed by atoms with Crippen LogP contribution in [0.2, 0.25) is 0 Å². The van der Waals surface area contributed by atoms with Gasteiger partial charge in [0.05, 0.1) is 0 Å². The number of hydrogen-bond acceptors (Lipinski definition) is 7. The van der Waals surface area contributed by atoms with E-state index >= 15 is 0 Å². The molecular weight excluding hydrogens is 282 g/mol. The van der Waals surface area contributed by atoms with E-state index in [0.717, 1.165) is 30.8 Å². The normalized spacial score (nSPS) is 14.0. The largest absolute Gasteiger partial charge is 0.337 e. The van der Waals surface area contributed by atoms with Crippen LogP contribution in [0.4, 0.5) is 0 Å². The van der Waals surface area contributed by atoms with Crippen molar-refractivity contribution in [2.75, 3.05) is 6.54 Å². The number of aryl methyl sites for hydroxylation is 1. The number of rotatable bonds is 3. The lowest BCUT2D eigenvalue weighted by Gasteiger charge is -2.19. The maximum Gasteiger partial charge on any atom is 0.248 e. The summed E-state index contributed by atoms with van der Waals surface area (Å²) in [5, 5.41) is 11.5. The summed E-state index contributed by atoms with van der Waals surface area (Å²) < 4.78 is 6.99. The summed E-state index contributed by atoms with van der Waals surface area (Å²) in [5.41, 5.74) is 4.38. The van der Waals surface area contributed by atoms with E-state index in [1.807, 2.05) is 13.1 Å². The monoisotopic (exact) mass is 297 g/mol. The Balaban J connectivity index is 1.72. The minimum absolute atomic E-state index is 0.413. The molecule has 0 aromatic carbocycles. The van der Waals surface area contributed by atoms with Crippen LogP contribution in [0.15, 0.2) is 23.4 Å². The maximum atomic E-state index is 5.35. The Labute approximate surface area is 126 Å². The first-order valence-corrected chi connectivity index (χ1v) is 7.14. The third-order valence-corrected chi connectivity index (χ3v) is 3.79. The molecule has 8 nitrogen and oxygen atoms in total. The van der Waals surface area contributed by atoms with Gasteiger partial charge in [-0.15, -0.1) is 0 Å². The Bertz CT molecular complexity index is 794. The molecule has 0 bridgehead atoms. The molecule has 4 heterocycles. The second kappa shape index (κ2) is 5.30. The van der Waals surface area contributed by atoms with Crippen LogP contribution in [0.5, 0.6) is 0 Å². The smallest absolute Gasteiger partial charge is 0.248 e. The van der Waals surface area contributed by atoms with Gasteiger partial charge < -0.3 is 9.84 Å². The van der Waals surface area contributed by atoms with Gasteiger partial charge in [-0.1, -0.05) is 5.16 Å². The number of hydrogen-bond donors (Lipinski definition) is 1. The summed E-state index contributed by atoms with van der Waals surface area (Å²) in [6, 6.07) is 0. The Morgan fingerprint density at radius 3 is 3.23 bits per heavy atom. The molecule has 0 radical (unpaired) electrons. The summed E-state index contributed by atoms with van der Waals surface area (Å²) in [6.07, 6.45) is 5.97. The Kier molecular flexibility index (Phi) is 3.15. The SMILES string of the molecule is Cc1ncc2c(c1-c1noc(Cn3cncn3)n1)CCNC2. The van der Waals surface area contributed by atoms with Crippen molar-refractivity contribution in [2.45, 2.75) is 26.4 Å². The molecule has 0 saturated carbocycles. The van der Waals surface area contributed by atoms with Crippen LogP contribution in [0.3, 0.4) is 0 Å². The summed E-state index contributed by atoms with van der Waals surface area (Å²) in [4.78, 5) is 12.9. The zero-order valence-electron chi connectivity index (χ0n) is 12.2. The van der Waals surface area contributed by atoms with Crippen molar-refractivity contribution in [1.29, 1.82) is 0 Å². The lowest BCUT2D eigenvalue weighted by atomic mass is 9.95. The average molecular weight is 297 g/mol. The highest BCUT2D eigenvalue weighted by atomic mass is 16.5. The van der Waals surface area contributed by atoms with Gasteiger partial charge in [0.1, 0.15) is 19.2 Å². The van der Waals surface area contributed by atoms with Gasteiger partial charge in [0.15, 0.2) is 0 Å². The van der Waals surface area contributed by atoms with E-state index in [-0.39, 0.29) is 0 Å². The molecule has 0 unspecified atom stereocenters. The lowest BCUT2D eigenvalue weighted by molar-refractivity contribution is 0.366. The standard InChI is InChI=1S/C14H15N7O/c1-9-13(11-2-3-15-4-10(11)5-17-9)14-19-12(22-20-14)6-21-8-16-7-18-21/h5,7-8,15H,2-4,6H2,1H3. The Morgan fingerprint density at radius 2 is 2.36 bits per heavy atom. The van der Waals surface area contributed by atoms with Gasteiger partial charge in [0, 0.05) is 24.0 Å².